The molecule has 0 spiro atoms. The van der Waals surface area contributed by atoms with Gasteiger partial charge in [-0.05, 0) is 53.2 Å². The minimum Gasteiger partial charge on any atom is -0.498 e. The maximum atomic E-state index is 7.26. The number of benzene rings is 2. The fraction of sp³-hybridized carbons (Fsp3) is 0.686. The first kappa shape index (κ1) is 48.8. The van der Waals surface area contributed by atoms with Gasteiger partial charge in [-0.15, -0.1) is 0 Å². The lowest BCUT2D eigenvalue weighted by molar-refractivity contribution is 0.0307. The van der Waals surface area contributed by atoms with E-state index < -0.39 is 8.32 Å². The van der Waals surface area contributed by atoms with E-state index in [1.54, 1.807) is 0 Å². The molecule has 0 aliphatic rings. The van der Waals surface area contributed by atoms with Crippen LogP contribution >= 0.6 is 0 Å². The minimum absolute atomic E-state index is 0.0836. The lowest BCUT2D eigenvalue weighted by Crippen LogP contribution is -2.67. The lowest BCUT2D eigenvalue weighted by Gasteiger charge is -2.43. The van der Waals surface area contributed by atoms with E-state index in [1.807, 2.05) is 12.5 Å². The van der Waals surface area contributed by atoms with Gasteiger partial charge < -0.3 is 13.9 Å². The van der Waals surface area contributed by atoms with Gasteiger partial charge in [-0.25, -0.2) is 0 Å². The number of rotatable bonds is 36. The summed E-state index contributed by atoms with van der Waals surface area (Å²) in [6.07, 6.45) is 43.2. The molecule has 0 heterocycles. The van der Waals surface area contributed by atoms with Crippen molar-refractivity contribution in [2.24, 2.45) is 0 Å². The molecule has 2 rings (SSSR count). The fourth-order valence-electron chi connectivity index (χ4n) is 7.85. The van der Waals surface area contributed by atoms with Crippen molar-refractivity contribution >= 4 is 18.7 Å². The molecule has 0 fully saturated rings. The Kier molecular flexibility index (Phi) is 29.1. The van der Waals surface area contributed by atoms with Crippen molar-refractivity contribution in [3.8, 4) is 0 Å². The van der Waals surface area contributed by atoms with E-state index in [2.05, 4.69) is 107 Å². The van der Waals surface area contributed by atoms with Gasteiger partial charge in [-0.3, -0.25) is 0 Å². The summed E-state index contributed by atoms with van der Waals surface area (Å²) in [6.45, 7) is 12.5. The molecule has 0 amide bonds. The zero-order valence-electron chi connectivity index (χ0n) is 36.7. The largest absolute Gasteiger partial charge is 0.498 e. The van der Waals surface area contributed by atoms with E-state index >= 15 is 0 Å². The van der Waals surface area contributed by atoms with Crippen LogP contribution in [0.3, 0.4) is 0 Å². The van der Waals surface area contributed by atoms with E-state index in [0.717, 1.165) is 12.8 Å². The van der Waals surface area contributed by atoms with Gasteiger partial charge in [0.2, 0.25) is 0 Å². The molecule has 0 aliphatic carbocycles. The van der Waals surface area contributed by atoms with E-state index in [9.17, 15) is 0 Å². The Morgan fingerprint density at radius 3 is 1.22 bits per heavy atom. The summed E-state index contributed by atoms with van der Waals surface area (Å²) in [5, 5.41) is 2.50. The van der Waals surface area contributed by atoms with Crippen molar-refractivity contribution in [1.29, 1.82) is 0 Å². The van der Waals surface area contributed by atoms with Crippen LogP contribution in [0.2, 0.25) is 5.04 Å². The SMILES string of the molecule is CCCCCCCCCCCCCC/C=C\OCC(CO[Si](c1ccccc1)(c1ccccc1)C(C)(C)C)O/C=C\CCCCCCCCCCCCCC. The normalized spacial score (nSPS) is 12.9. The van der Waals surface area contributed by atoms with Crippen LogP contribution in [0.25, 0.3) is 0 Å². The summed E-state index contributed by atoms with van der Waals surface area (Å²) in [7, 11) is -2.67. The van der Waals surface area contributed by atoms with E-state index in [1.165, 1.54) is 164 Å². The monoisotopic (exact) mass is 775 g/mol. The molecule has 0 bridgehead atoms. The van der Waals surface area contributed by atoms with Crippen LogP contribution in [0, 0.1) is 0 Å². The zero-order valence-corrected chi connectivity index (χ0v) is 37.7. The molecule has 0 aromatic heterocycles. The number of unbranched alkanes of at least 4 members (excludes halogenated alkanes) is 24. The third-order valence-electron chi connectivity index (χ3n) is 11.2. The molecule has 3 nitrogen and oxygen atoms in total. The summed E-state index contributed by atoms with van der Waals surface area (Å²) in [6, 6.07) is 21.8. The molecule has 0 radical (unpaired) electrons. The third kappa shape index (κ3) is 22.3. The highest BCUT2D eigenvalue weighted by Crippen LogP contribution is 2.37. The summed E-state index contributed by atoms with van der Waals surface area (Å²) in [5.41, 5.74) is 0. The first-order chi connectivity index (χ1) is 27.0. The summed E-state index contributed by atoms with van der Waals surface area (Å²) in [5.74, 6) is 0. The average Bonchev–Trinajstić information content (AvgIpc) is 3.19. The molecular formula is C51H86O3Si. The fourth-order valence-corrected chi connectivity index (χ4v) is 12.4. The van der Waals surface area contributed by atoms with Gasteiger partial charge in [-0.2, -0.15) is 0 Å². The Morgan fingerprint density at radius 2 is 0.836 bits per heavy atom. The number of allylic oxidation sites excluding steroid dienone is 2. The van der Waals surface area contributed by atoms with Crippen LogP contribution in [0.4, 0.5) is 0 Å². The number of hydrogen-bond acceptors (Lipinski definition) is 3. The Hall–Kier alpha value is -2.30. The maximum Gasteiger partial charge on any atom is 0.261 e. The van der Waals surface area contributed by atoms with Crippen LogP contribution in [0.5, 0.6) is 0 Å². The molecule has 2 aromatic rings. The van der Waals surface area contributed by atoms with Crippen molar-refractivity contribution in [3.63, 3.8) is 0 Å². The minimum atomic E-state index is -2.67. The van der Waals surface area contributed by atoms with Gasteiger partial charge in [0.15, 0.2) is 6.10 Å². The first-order valence-electron chi connectivity index (χ1n) is 23.3. The van der Waals surface area contributed by atoms with E-state index in [0.29, 0.717) is 13.2 Å². The van der Waals surface area contributed by atoms with Crippen LogP contribution in [0.1, 0.15) is 202 Å². The standard InChI is InChI=1S/C51H86O3Si/c1-6-8-10-12-14-16-18-20-22-24-26-28-30-38-44-52-46-48(53-45-39-31-29-27-25-23-21-19-17-15-13-11-9-7-2)47-54-55(51(3,4)5,49-40-34-32-35-41-49)50-42-36-33-37-43-50/h32-45,48H,6-31,46-47H2,1-5H3/b44-38-,45-39-. The highest BCUT2D eigenvalue weighted by molar-refractivity contribution is 6.99. The van der Waals surface area contributed by atoms with Crippen LogP contribution in [-0.2, 0) is 13.9 Å². The molecule has 1 unspecified atom stereocenters. The molecule has 0 aliphatic heterocycles. The molecule has 312 valence electrons. The van der Waals surface area contributed by atoms with Gasteiger partial charge in [0.05, 0.1) is 19.1 Å². The quantitative estimate of drug-likeness (QED) is 0.0392. The van der Waals surface area contributed by atoms with Crippen LogP contribution in [0.15, 0.2) is 85.3 Å². The molecular weight excluding hydrogens is 689 g/mol. The van der Waals surface area contributed by atoms with Crippen LogP contribution < -0.4 is 10.4 Å². The predicted molar refractivity (Wildman–Crippen MR) is 244 cm³/mol. The Labute approximate surface area is 342 Å². The zero-order chi connectivity index (χ0) is 39.6. The van der Waals surface area contributed by atoms with Crippen molar-refractivity contribution in [1.82, 2.24) is 0 Å². The molecule has 2 aromatic carbocycles. The topological polar surface area (TPSA) is 27.7 Å². The molecule has 4 heteroatoms. The second-order valence-corrected chi connectivity index (χ2v) is 21.5. The summed E-state index contributed by atoms with van der Waals surface area (Å²) < 4.78 is 19.8. The molecule has 0 saturated heterocycles. The van der Waals surface area contributed by atoms with E-state index in [-0.39, 0.29) is 11.1 Å². The second kappa shape index (κ2) is 32.7. The molecule has 55 heavy (non-hydrogen) atoms. The average molecular weight is 775 g/mol. The van der Waals surface area contributed by atoms with Crippen molar-refractivity contribution in [3.05, 3.63) is 85.3 Å². The van der Waals surface area contributed by atoms with Crippen molar-refractivity contribution in [2.45, 2.75) is 213 Å². The summed E-state index contributed by atoms with van der Waals surface area (Å²) in [4.78, 5) is 0. The molecule has 1 atom stereocenters. The highest BCUT2D eigenvalue weighted by Gasteiger charge is 2.50. The van der Waals surface area contributed by atoms with Gasteiger partial charge >= 0.3 is 0 Å². The first-order valence-corrected chi connectivity index (χ1v) is 25.2. The lowest BCUT2D eigenvalue weighted by atomic mass is 10.0. The third-order valence-corrected chi connectivity index (χ3v) is 16.2. The van der Waals surface area contributed by atoms with Gasteiger partial charge in [0.1, 0.15) is 6.61 Å². The predicted octanol–water partition coefficient (Wildman–Crippen LogP) is 15.2. The Balaban J connectivity index is 1.86. The Morgan fingerprint density at radius 1 is 0.473 bits per heavy atom. The number of ether oxygens (including phenoxy) is 2. The van der Waals surface area contributed by atoms with Gasteiger partial charge in [0.25, 0.3) is 8.32 Å². The van der Waals surface area contributed by atoms with Crippen LogP contribution in [-0.4, -0.2) is 27.6 Å². The van der Waals surface area contributed by atoms with Gasteiger partial charge in [-0.1, -0.05) is 237 Å². The van der Waals surface area contributed by atoms with Crippen molar-refractivity contribution in [2.75, 3.05) is 13.2 Å². The molecule has 0 N–H and O–H groups in total. The van der Waals surface area contributed by atoms with Gasteiger partial charge in [0, 0.05) is 0 Å². The Bertz CT molecular complexity index is 1130. The smallest absolute Gasteiger partial charge is 0.261 e. The molecule has 0 saturated carbocycles. The maximum absolute atomic E-state index is 7.26. The van der Waals surface area contributed by atoms with Crippen molar-refractivity contribution < 1.29 is 13.9 Å². The number of hydrogen-bond donors (Lipinski definition) is 0. The van der Waals surface area contributed by atoms with E-state index in [4.69, 9.17) is 13.9 Å². The summed E-state index contributed by atoms with van der Waals surface area (Å²) >= 11 is 0. The second-order valence-electron chi connectivity index (χ2n) is 17.2. The highest BCUT2D eigenvalue weighted by atomic mass is 28.4.